The van der Waals surface area contributed by atoms with Gasteiger partial charge in [-0.25, -0.2) is 4.79 Å². The van der Waals surface area contributed by atoms with E-state index in [1.807, 2.05) is 11.4 Å². The Kier molecular flexibility index (Phi) is 5.14. The second-order valence-electron chi connectivity index (χ2n) is 7.41. The summed E-state index contributed by atoms with van der Waals surface area (Å²) in [6.07, 6.45) is 1.27. The molecule has 0 unspecified atom stereocenters. The SMILES string of the molecule is CC(=O)c1ccc(OC[C@@H](O)CN2C(=O)N[C@]3(CCCc4sccc43)C2=O)cc1. The van der Waals surface area contributed by atoms with E-state index in [2.05, 4.69) is 5.32 Å². The predicted octanol–water partition coefficient (Wildman–Crippen LogP) is 2.47. The number of thiophene rings is 1. The average Bonchev–Trinajstić information content (AvgIpc) is 3.27. The van der Waals surface area contributed by atoms with E-state index in [0.717, 1.165) is 28.2 Å². The fourth-order valence-electron chi connectivity index (χ4n) is 3.95. The lowest BCUT2D eigenvalue weighted by atomic mass is 9.80. The normalized spacial score (nSPS) is 21.8. The van der Waals surface area contributed by atoms with Gasteiger partial charge >= 0.3 is 6.03 Å². The Hall–Kier alpha value is -2.71. The van der Waals surface area contributed by atoms with Crippen molar-refractivity contribution in [3.63, 3.8) is 0 Å². The lowest BCUT2D eigenvalue weighted by molar-refractivity contribution is -0.133. The molecule has 1 aromatic carbocycles. The van der Waals surface area contributed by atoms with Gasteiger partial charge in [0.25, 0.3) is 5.91 Å². The molecule has 2 N–H and O–H groups in total. The molecule has 152 valence electrons. The number of aliphatic hydroxyl groups excluding tert-OH is 1. The minimum atomic E-state index is -1.03. The highest BCUT2D eigenvalue weighted by molar-refractivity contribution is 7.10. The molecule has 2 atom stereocenters. The van der Waals surface area contributed by atoms with Gasteiger partial charge in [-0.3, -0.25) is 14.5 Å². The number of carbonyl (C=O) groups is 3. The van der Waals surface area contributed by atoms with Crippen LogP contribution < -0.4 is 10.1 Å². The summed E-state index contributed by atoms with van der Waals surface area (Å²) in [5, 5.41) is 15.2. The second kappa shape index (κ2) is 7.61. The summed E-state index contributed by atoms with van der Waals surface area (Å²) in [6, 6.07) is 8.00. The number of β-amino-alcohol motifs (C(OH)–C–C–N with tert-alkyl or cyclic N) is 1. The molecule has 2 heterocycles. The van der Waals surface area contributed by atoms with Gasteiger partial charge in [0, 0.05) is 16.0 Å². The molecule has 7 nitrogen and oxygen atoms in total. The molecule has 3 amide bonds. The average molecular weight is 414 g/mol. The molecule has 1 fully saturated rings. The van der Waals surface area contributed by atoms with Gasteiger partial charge in [-0.2, -0.15) is 0 Å². The highest BCUT2D eigenvalue weighted by Gasteiger charge is 2.54. The highest BCUT2D eigenvalue weighted by Crippen LogP contribution is 2.42. The number of hydrogen-bond acceptors (Lipinski definition) is 6. The van der Waals surface area contributed by atoms with E-state index in [1.165, 1.54) is 6.92 Å². The van der Waals surface area contributed by atoms with Crippen LogP contribution in [0.15, 0.2) is 35.7 Å². The largest absolute Gasteiger partial charge is 0.491 e. The molecule has 1 aliphatic carbocycles. The smallest absolute Gasteiger partial charge is 0.325 e. The van der Waals surface area contributed by atoms with Crippen molar-refractivity contribution in [2.45, 2.75) is 37.8 Å². The molecule has 1 aromatic heterocycles. The maximum atomic E-state index is 13.1. The number of aliphatic hydroxyl groups is 1. The van der Waals surface area contributed by atoms with Crippen LogP contribution in [0, 0.1) is 0 Å². The lowest BCUT2D eigenvalue weighted by Gasteiger charge is -2.31. The molecule has 1 aliphatic heterocycles. The molecule has 2 aliphatic rings. The number of ketones is 1. The van der Waals surface area contributed by atoms with Gasteiger partial charge in [-0.05, 0) is 61.9 Å². The third kappa shape index (κ3) is 3.54. The van der Waals surface area contributed by atoms with Crippen LogP contribution in [0.4, 0.5) is 4.79 Å². The van der Waals surface area contributed by atoms with Crippen LogP contribution in [0.3, 0.4) is 0 Å². The van der Waals surface area contributed by atoms with Gasteiger partial charge in [0.05, 0.1) is 6.54 Å². The number of imide groups is 1. The predicted molar refractivity (Wildman–Crippen MR) is 107 cm³/mol. The summed E-state index contributed by atoms with van der Waals surface area (Å²) in [5.74, 6) is 0.144. The van der Waals surface area contributed by atoms with E-state index >= 15 is 0 Å². The summed E-state index contributed by atoms with van der Waals surface area (Å²) in [6.45, 7) is 1.26. The van der Waals surface area contributed by atoms with E-state index in [1.54, 1.807) is 35.6 Å². The molecular formula is C21H22N2O5S. The molecule has 8 heteroatoms. The minimum Gasteiger partial charge on any atom is -0.491 e. The fraction of sp³-hybridized carbons (Fsp3) is 0.381. The molecule has 1 saturated heterocycles. The van der Waals surface area contributed by atoms with Gasteiger partial charge < -0.3 is 15.2 Å². The number of ether oxygens (including phenoxy) is 1. The molecule has 0 saturated carbocycles. The van der Waals surface area contributed by atoms with Crippen LogP contribution in [-0.2, 0) is 16.8 Å². The number of nitrogens with zero attached hydrogens (tertiary/aromatic N) is 1. The van der Waals surface area contributed by atoms with Gasteiger partial charge in [0.1, 0.15) is 24.0 Å². The van der Waals surface area contributed by atoms with Gasteiger partial charge in [0.15, 0.2) is 5.78 Å². The van der Waals surface area contributed by atoms with E-state index in [-0.39, 0.29) is 24.8 Å². The Morgan fingerprint density at radius 2 is 2.07 bits per heavy atom. The first-order chi connectivity index (χ1) is 13.9. The van der Waals surface area contributed by atoms with Crippen LogP contribution in [0.5, 0.6) is 5.75 Å². The summed E-state index contributed by atoms with van der Waals surface area (Å²) < 4.78 is 5.53. The fourth-order valence-corrected chi connectivity index (χ4v) is 4.95. The standard InChI is InChI=1S/C21H22N2O5S/c1-13(24)14-4-6-16(7-5-14)28-12-15(25)11-23-19(26)21(22-20(23)27)9-2-3-18-17(21)8-10-29-18/h4-8,10,15,25H,2-3,9,11-12H2,1H3,(H,22,27)/t15-,21-/m0/s1. The van der Waals surface area contributed by atoms with Crippen LogP contribution in [0.1, 0.15) is 40.6 Å². The van der Waals surface area contributed by atoms with E-state index in [0.29, 0.717) is 17.7 Å². The van der Waals surface area contributed by atoms with Crippen molar-refractivity contribution in [3.05, 3.63) is 51.7 Å². The van der Waals surface area contributed by atoms with E-state index in [9.17, 15) is 19.5 Å². The number of Topliss-reactive ketones (excluding diaryl/α,β-unsaturated/α-hetero) is 1. The third-order valence-corrected chi connectivity index (χ3v) is 6.41. The lowest BCUT2D eigenvalue weighted by Crippen LogP contribution is -2.46. The van der Waals surface area contributed by atoms with Gasteiger partial charge in [0.2, 0.25) is 0 Å². The Morgan fingerprint density at radius 1 is 1.31 bits per heavy atom. The molecule has 2 aromatic rings. The van der Waals surface area contributed by atoms with Crippen molar-refractivity contribution in [3.8, 4) is 5.75 Å². The summed E-state index contributed by atoms with van der Waals surface area (Å²) >= 11 is 1.60. The maximum absolute atomic E-state index is 13.1. The third-order valence-electron chi connectivity index (χ3n) is 5.43. The van der Waals surface area contributed by atoms with Crippen LogP contribution >= 0.6 is 11.3 Å². The zero-order chi connectivity index (χ0) is 20.6. The summed E-state index contributed by atoms with van der Waals surface area (Å²) in [4.78, 5) is 39.2. The number of urea groups is 1. The number of hydrogen-bond donors (Lipinski definition) is 2. The number of carbonyl (C=O) groups excluding carboxylic acids is 3. The monoisotopic (exact) mass is 414 g/mol. The molecule has 29 heavy (non-hydrogen) atoms. The van der Waals surface area contributed by atoms with Crippen molar-refractivity contribution in [1.29, 1.82) is 0 Å². The molecular weight excluding hydrogens is 392 g/mol. The van der Waals surface area contributed by atoms with Gasteiger partial charge in [-0.15, -0.1) is 11.3 Å². The molecule has 0 bridgehead atoms. The number of benzene rings is 1. The van der Waals surface area contributed by atoms with Gasteiger partial charge in [-0.1, -0.05) is 0 Å². The molecule has 1 spiro atoms. The van der Waals surface area contributed by atoms with Crippen molar-refractivity contribution in [2.24, 2.45) is 0 Å². The van der Waals surface area contributed by atoms with E-state index < -0.39 is 17.7 Å². The zero-order valence-corrected chi connectivity index (χ0v) is 16.8. The number of fused-ring (bicyclic) bond motifs is 2. The topological polar surface area (TPSA) is 95.9 Å². The Labute approximate surface area is 172 Å². The number of rotatable bonds is 6. The first-order valence-electron chi connectivity index (χ1n) is 9.53. The van der Waals surface area contributed by atoms with Crippen LogP contribution in [0.2, 0.25) is 0 Å². The number of amides is 3. The van der Waals surface area contributed by atoms with Crippen molar-refractivity contribution in [2.75, 3.05) is 13.2 Å². The first kappa shape index (κ1) is 19.6. The molecule has 0 radical (unpaired) electrons. The summed E-state index contributed by atoms with van der Waals surface area (Å²) in [5.41, 5.74) is 0.446. The molecule has 4 rings (SSSR count). The minimum absolute atomic E-state index is 0.0411. The Balaban J connectivity index is 1.40. The second-order valence-corrected chi connectivity index (χ2v) is 8.41. The first-order valence-corrected chi connectivity index (χ1v) is 10.4. The van der Waals surface area contributed by atoms with Crippen molar-refractivity contribution >= 4 is 29.1 Å². The number of aryl methyl sites for hydroxylation is 1. The van der Waals surface area contributed by atoms with Crippen LogP contribution in [-0.4, -0.2) is 47.0 Å². The number of nitrogens with one attached hydrogen (secondary N) is 1. The van der Waals surface area contributed by atoms with E-state index in [4.69, 9.17) is 4.74 Å². The Bertz CT molecular complexity index is 954. The van der Waals surface area contributed by atoms with Crippen molar-refractivity contribution < 1.29 is 24.2 Å². The quantitative estimate of drug-likeness (QED) is 0.559. The van der Waals surface area contributed by atoms with Crippen molar-refractivity contribution in [1.82, 2.24) is 10.2 Å². The summed E-state index contributed by atoms with van der Waals surface area (Å²) in [7, 11) is 0. The Morgan fingerprint density at radius 3 is 2.79 bits per heavy atom. The van der Waals surface area contributed by atoms with Crippen LogP contribution in [0.25, 0.3) is 0 Å². The maximum Gasteiger partial charge on any atom is 0.325 e. The highest BCUT2D eigenvalue weighted by atomic mass is 32.1. The zero-order valence-electron chi connectivity index (χ0n) is 16.0.